The number of aliphatic hydroxyl groups is 1. The van der Waals surface area contributed by atoms with E-state index in [2.05, 4.69) is 21.2 Å². The molecule has 3 N–H and O–H groups in total. The monoisotopic (exact) mass is 386 g/mol. The van der Waals surface area contributed by atoms with Gasteiger partial charge in [-0.15, -0.1) is 0 Å². The minimum atomic E-state index is -0.493. The summed E-state index contributed by atoms with van der Waals surface area (Å²) in [5, 5.41) is 12.5. The fourth-order valence-electron chi connectivity index (χ4n) is 2.64. The van der Waals surface area contributed by atoms with Gasteiger partial charge in [-0.1, -0.05) is 58.4 Å². The zero-order chi connectivity index (χ0) is 16.9. The first-order valence-electron chi connectivity index (χ1n) is 8.04. The summed E-state index contributed by atoms with van der Waals surface area (Å²) in [6.45, 7) is 2.72. The molecule has 2 aromatic carbocycles. The Bertz CT molecular complexity index is 768. The highest BCUT2D eigenvalue weighted by molar-refractivity contribution is 9.10. The summed E-state index contributed by atoms with van der Waals surface area (Å²) in [5.41, 5.74) is 2.00. The lowest BCUT2D eigenvalue weighted by atomic mass is 10.0. The van der Waals surface area contributed by atoms with Crippen molar-refractivity contribution in [2.24, 2.45) is 0 Å². The highest BCUT2D eigenvalue weighted by atomic mass is 79.9. The Hall–Kier alpha value is -1.88. The Morgan fingerprint density at radius 2 is 1.71 bits per heavy atom. The van der Waals surface area contributed by atoms with E-state index in [1.165, 1.54) is 0 Å². The summed E-state index contributed by atoms with van der Waals surface area (Å²) in [7, 11) is 0. The summed E-state index contributed by atoms with van der Waals surface area (Å²) >= 11 is 3.44. The first-order valence-corrected chi connectivity index (χ1v) is 8.84. The molecule has 1 heterocycles. The van der Waals surface area contributed by atoms with Crippen LogP contribution in [0, 0.1) is 0 Å². The molecule has 0 saturated carbocycles. The number of halogens is 1. The van der Waals surface area contributed by atoms with Gasteiger partial charge in [-0.05, 0) is 36.8 Å². The van der Waals surface area contributed by atoms with Crippen LogP contribution in [0.2, 0.25) is 0 Å². The van der Waals surface area contributed by atoms with E-state index in [0.717, 1.165) is 27.1 Å². The quantitative estimate of drug-likeness (QED) is 0.674. The number of benzene rings is 2. The van der Waals surface area contributed by atoms with Crippen molar-refractivity contribution in [1.82, 2.24) is 0 Å². The summed E-state index contributed by atoms with van der Waals surface area (Å²) < 4.78 is 6.97. The van der Waals surface area contributed by atoms with Crippen LogP contribution in [0.5, 0.6) is 0 Å². The minimum Gasteiger partial charge on any atom is -0.455 e. The lowest BCUT2D eigenvalue weighted by Crippen LogP contribution is -2.88. The molecule has 0 spiro atoms. The molecule has 0 aliphatic heterocycles. The maximum Gasteiger partial charge on any atom is 0.158 e. The molecule has 0 unspecified atom stereocenters. The van der Waals surface area contributed by atoms with E-state index in [1.54, 1.807) is 0 Å². The molecular formula is C20H21BrNO2+. The topological polar surface area (TPSA) is 50.0 Å². The fourth-order valence-corrected chi connectivity index (χ4v) is 2.91. The number of hydrogen-bond acceptors (Lipinski definition) is 2. The number of hydrogen-bond donors (Lipinski definition) is 2. The second kappa shape index (κ2) is 7.79. The highest BCUT2D eigenvalue weighted by Crippen LogP contribution is 2.23. The van der Waals surface area contributed by atoms with Gasteiger partial charge in [0, 0.05) is 10.0 Å². The fraction of sp³-hybridized carbons (Fsp3) is 0.200. The van der Waals surface area contributed by atoms with E-state index in [4.69, 9.17) is 4.42 Å². The predicted molar refractivity (Wildman–Crippen MR) is 98.3 cm³/mol. The van der Waals surface area contributed by atoms with Crippen LogP contribution in [0.25, 0.3) is 11.3 Å². The number of rotatable bonds is 6. The van der Waals surface area contributed by atoms with E-state index in [-0.39, 0.29) is 6.04 Å². The molecule has 0 radical (unpaired) electrons. The molecule has 3 nitrogen and oxygen atoms in total. The maximum atomic E-state index is 10.4. The largest absolute Gasteiger partial charge is 0.455 e. The molecule has 1 aromatic heterocycles. The SMILES string of the molecule is C[C@H]([NH2+]Cc1ccc(-c2ccc(Br)cc2)o1)[C@@H](O)c1ccccc1. The maximum absolute atomic E-state index is 10.4. The van der Waals surface area contributed by atoms with Gasteiger partial charge in [-0.3, -0.25) is 0 Å². The van der Waals surface area contributed by atoms with Crippen molar-refractivity contribution in [2.75, 3.05) is 0 Å². The molecule has 4 heteroatoms. The van der Waals surface area contributed by atoms with Crippen LogP contribution < -0.4 is 5.32 Å². The van der Waals surface area contributed by atoms with Gasteiger partial charge in [0.15, 0.2) is 5.76 Å². The molecule has 3 aromatic rings. The van der Waals surface area contributed by atoms with Crippen molar-refractivity contribution in [3.63, 3.8) is 0 Å². The number of aliphatic hydroxyl groups excluding tert-OH is 1. The second-order valence-electron chi connectivity index (χ2n) is 5.93. The molecule has 0 aliphatic carbocycles. The van der Waals surface area contributed by atoms with Gasteiger partial charge in [0.25, 0.3) is 0 Å². The van der Waals surface area contributed by atoms with Gasteiger partial charge < -0.3 is 14.8 Å². The average molecular weight is 387 g/mol. The standard InChI is InChI=1S/C20H20BrNO2/c1-14(20(23)16-5-3-2-4-6-16)22-13-18-11-12-19(24-18)15-7-9-17(21)10-8-15/h2-12,14,20,22-23H,13H2,1H3/p+1/t14-,20+/m0/s1. The third-order valence-electron chi connectivity index (χ3n) is 4.12. The average Bonchev–Trinajstić information content (AvgIpc) is 3.09. The molecule has 124 valence electrons. The lowest BCUT2D eigenvalue weighted by Gasteiger charge is -2.17. The van der Waals surface area contributed by atoms with Crippen molar-refractivity contribution in [1.29, 1.82) is 0 Å². The second-order valence-corrected chi connectivity index (χ2v) is 6.84. The summed E-state index contributed by atoms with van der Waals surface area (Å²) in [6, 6.07) is 21.8. The molecule has 0 aliphatic rings. The smallest absolute Gasteiger partial charge is 0.158 e. The Morgan fingerprint density at radius 3 is 2.42 bits per heavy atom. The van der Waals surface area contributed by atoms with Crippen LogP contribution in [0.4, 0.5) is 0 Å². The molecule has 24 heavy (non-hydrogen) atoms. The lowest BCUT2D eigenvalue weighted by molar-refractivity contribution is -0.710. The van der Waals surface area contributed by atoms with Crippen molar-refractivity contribution in [3.05, 3.63) is 82.5 Å². The van der Waals surface area contributed by atoms with Crippen LogP contribution >= 0.6 is 15.9 Å². The summed E-state index contributed by atoms with van der Waals surface area (Å²) in [5.74, 6) is 1.77. The van der Waals surface area contributed by atoms with Gasteiger partial charge in [0.05, 0.1) is 0 Å². The normalized spacial score (nSPS) is 13.6. The Kier molecular flexibility index (Phi) is 5.51. The molecule has 3 rings (SSSR count). The van der Waals surface area contributed by atoms with Crippen molar-refractivity contribution >= 4 is 15.9 Å². The van der Waals surface area contributed by atoms with Gasteiger partial charge >= 0.3 is 0 Å². The Balaban J connectivity index is 1.60. The van der Waals surface area contributed by atoms with Crippen LogP contribution in [0.3, 0.4) is 0 Å². The Morgan fingerprint density at radius 1 is 1.00 bits per heavy atom. The number of nitrogens with two attached hydrogens (primary N) is 1. The van der Waals surface area contributed by atoms with Crippen molar-refractivity contribution in [2.45, 2.75) is 25.6 Å². The van der Waals surface area contributed by atoms with Gasteiger partial charge in [0.1, 0.15) is 24.5 Å². The van der Waals surface area contributed by atoms with E-state index in [9.17, 15) is 5.11 Å². The molecule has 0 saturated heterocycles. The first kappa shape index (κ1) is 17.0. The van der Waals surface area contributed by atoms with Gasteiger partial charge in [-0.25, -0.2) is 0 Å². The molecule has 0 fully saturated rings. The zero-order valence-corrected chi connectivity index (χ0v) is 15.1. The third kappa shape index (κ3) is 4.15. The zero-order valence-electron chi connectivity index (χ0n) is 13.5. The van der Waals surface area contributed by atoms with E-state index >= 15 is 0 Å². The summed E-state index contributed by atoms with van der Waals surface area (Å²) in [4.78, 5) is 0. The van der Waals surface area contributed by atoms with Crippen LogP contribution in [0.15, 0.2) is 75.6 Å². The van der Waals surface area contributed by atoms with Gasteiger partial charge in [0.2, 0.25) is 0 Å². The molecule has 2 atom stereocenters. The molecule has 0 bridgehead atoms. The van der Waals surface area contributed by atoms with Crippen LogP contribution in [-0.4, -0.2) is 11.1 Å². The third-order valence-corrected chi connectivity index (χ3v) is 4.65. The van der Waals surface area contributed by atoms with Crippen LogP contribution in [-0.2, 0) is 6.54 Å². The van der Waals surface area contributed by atoms with Crippen molar-refractivity contribution in [3.8, 4) is 11.3 Å². The Labute approximate surface area is 150 Å². The van der Waals surface area contributed by atoms with Crippen LogP contribution in [0.1, 0.15) is 24.4 Å². The molecule has 0 amide bonds. The number of quaternary nitrogens is 1. The van der Waals surface area contributed by atoms with Gasteiger partial charge in [-0.2, -0.15) is 0 Å². The highest BCUT2D eigenvalue weighted by Gasteiger charge is 2.19. The first-order chi connectivity index (χ1) is 11.6. The van der Waals surface area contributed by atoms with E-state index < -0.39 is 6.10 Å². The predicted octanol–water partition coefficient (Wildman–Crippen LogP) is 3.89. The van der Waals surface area contributed by atoms with E-state index in [0.29, 0.717) is 6.54 Å². The summed E-state index contributed by atoms with van der Waals surface area (Å²) in [6.07, 6.45) is -0.493. The van der Waals surface area contributed by atoms with E-state index in [1.807, 2.05) is 73.7 Å². The minimum absolute atomic E-state index is 0.0497. The number of furan rings is 1. The molecular weight excluding hydrogens is 366 g/mol. The van der Waals surface area contributed by atoms with Crippen molar-refractivity contribution < 1.29 is 14.8 Å².